The van der Waals surface area contributed by atoms with Crippen LogP contribution < -0.4 is 9.47 Å². The van der Waals surface area contributed by atoms with Gasteiger partial charge in [0.05, 0.1) is 26.2 Å². The summed E-state index contributed by atoms with van der Waals surface area (Å²) in [5, 5.41) is 19.6. The molecule has 1 fully saturated rings. The van der Waals surface area contributed by atoms with Crippen molar-refractivity contribution in [3.63, 3.8) is 0 Å². The van der Waals surface area contributed by atoms with Crippen molar-refractivity contribution in [3.8, 4) is 11.5 Å². The Morgan fingerprint density at radius 1 is 1.29 bits per heavy atom. The van der Waals surface area contributed by atoms with Gasteiger partial charge in [0.1, 0.15) is 5.82 Å². The van der Waals surface area contributed by atoms with Gasteiger partial charge in [-0.05, 0) is 18.9 Å². The number of ether oxygens (including phenoxy) is 2. The molecule has 6 heteroatoms. The Morgan fingerprint density at radius 3 is 2.48 bits per heavy atom. The van der Waals surface area contributed by atoms with E-state index in [2.05, 4.69) is 0 Å². The van der Waals surface area contributed by atoms with E-state index in [9.17, 15) is 19.4 Å². The molecule has 0 amide bonds. The standard InChI is InChI=1S/C15H19FO5/c1-20-12-6-10(11(16)7-13(12)21-2)14(17)8-4-3-5-9(8)15(18)19/h6-9,14,17H,3-5H2,1-2H3,(H,18,19). The van der Waals surface area contributed by atoms with Gasteiger partial charge in [0.15, 0.2) is 11.5 Å². The first-order valence-electron chi connectivity index (χ1n) is 6.81. The normalized spacial score (nSPS) is 22.9. The van der Waals surface area contributed by atoms with Crippen molar-refractivity contribution in [2.45, 2.75) is 25.4 Å². The first-order chi connectivity index (χ1) is 9.99. The van der Waals surface area contributed by atoms with Gasteiger partial charge in [-0.25, -0.2) is 4.39 Å². The van der Waals surface area contributed by atoms with Crippen LogP contribution in [0.3, 0.4) is 0 Å². The highest BCUT2D eigenvalue weighted by Crippen LogP contribution is 2.43. The van der Waals surface area contributed by atoms with Crippen molar-refractivity contribution >= 4 is 5.97 Å². The predicted molar refractivity (Wildman–Crippen MR) is 72.9 cm³/mol. The topological polar surface area (TPSA) is 76.0 Å². The third-order valence-electron chi connectivity index (χ3n) is 4.11. The molecule has 21 heavy (non-hydrogen) atoms. The third-order valence-corrected chi connectivity index (χ3v) is 4.11. The van der Waals surface area contributed by atoms with Gasteiger partial charge in [0.25, 0.3) is 0 Å². The molecule has 0 heterocycles. The molecule has 5 nitrogen and oxygen atoms in total. The highest BCUT2D eigenvalue weighted by Gasteiger charge is 2.39. The molecule has 116 valence electrons. The van der Waals surface area contributed by atoms with Crippen LogP contribution in [0.4, 0.5) is 4.39 Å². The number of carboxylic acid groups (broad SMARTS) is 1. The molecule has 0 aliphatic heterocycles. The lowest BCUT2D eigenvalue weighted by Gasteiger charge is -2.23. The molecule has 1 aromatic carbocycles. The van der Waals surface area contributed by atoms with Crippen LogP contribution in [0.5, 0.6) is 11.5 Å². The molecule has 3 atom stereocenters. The molecule has 2 rings (SSSR count). The van der Waals surface area contributed by atoms with Crippen LogP contribution in [0.25, 0.3) is 0 Å². The quantitative estimate of drug-likeness (QED) is 0.873. The molecular weight excluding hydrogens is 279 g/mol. The Kier molecular flexibility index (Phi) is 4.67. The van der Waals surface area contributed by atoms with Crippen LogP contribution in [0, 0.1) is 17.7 Å². The molecule has 1 aliphatic carbocycles. The minimum absolute atomic E-state index is 0.0470. The molecule has 3 unspecified atom stereocenters. The first kappa shape index (κ1) is 15.6. The lowest BCUT2D eigenvalue weighted by Crippen LogP contribution is -2.24. The number of rotatable bonds is 5. The van der Waals surface area contributed by atoms with Gasteiger partial charge in [-0.1, -0.05) is 6.42 Å². The summed E-state index contributed by atoms with van der Waals surface area (Å²) in [4.78, 5) is 11.2. The smallest absolute Gasteiger partial charge is 0.306 e. The van der Waals surface area contributed by atoms with Crippen LogP contribution in [0.2, 0.25) is 0 Å². The Balaban J connectivity index is 2.34. The van der Waals surface area contributed by atoms with E-state index in [1.54, 1.807) is 0 Å². The number of aliphatic hydroxyl groups excluding tert-OH is 1. The van der Waals surface area contributed by atoms with Crippen LogP contribution in [-0.4, -0.2) is 30.4 Å². The number of aliphatic hydroxyl groups is 1. The number of hydrogen-bond donors (Lipinski definition) is 2. The molecule has 0 spiro atoms. The maximum atomic E-state index is 14.1. The number of aliphatic carboxylic acids is 1. The van der Waals surface area contributed by atoms with E-state index < -0.39 is 29.7 Å². The van der Waals surface area contributed by atoms with Crippen LogP contribution in [0.15, 0.2) is 12.1 Å². The maximum Gasteiger partial charge on any atom is 0.306 e. The van der Waals surface area contributed by atoms with Crippen LogP contribution in [-0.2, 0) is 4.79 Å². The van der Waals surface area contributed by atoms with E-state index in [1.165, 1.54) is 20.3 Å². The van der Waals surface area contributed by atoms with E-state index in [-0.39, 0.29) is 11.3 Å². The van der Waals surface area contributed by atoms with E-state index in [1.807, 2.05) is 0 Å². The molecule has 0 aromatic heterocycles. The summed E-state index contributed by atoms with van der Waals surface area (Å²) in [6, 6.07) is 2.51. The number of carboxylic acids is 1. The predicted octanol–water partition coefficient (Wildman–Crippen LogP) is 2.38. The maximum absolute atomic E-state index is 14.1. The van der Waals surface area contributed by atoms with E-state index >= 15 is 0 Å². The lowest BCUT2D eigenvalue weighted by atomic mass is 9.86. The summed E-state index contributed by atoms with van der Waals surface area (Å²) >= 11 is 0. The Bertz CT molecular complexity index is 531. The number of methoxy groups -OCH3 is 2. The molecule has 2 N–H and O–H groups in total. The summed E-state index contributed by atoms with van der Waals surface area (Å²) in [7, 11) is 2.81. The zero-order valence-electron chi connectivity index (χ0n) is 12.0. The molecule has 0 saturated heterocycles. The second kappa shape index (κ2) is 6.30. The van der Waals surface area contributed by atoms with E-state index in [0.29, 0.717) is 25.0 Å². The number of halogens is 1. The zero-order valence-corrected chi connectivity index (χ0v) is 12.0. The first-order valence-corrected chi connectivity index (χ1v) is 6.81. The summed E-state index contributed by atoms with van der Waals surface area (Å²) in [6.45, 7) is 0. The van der Waals surface area contributed by atoms with Gasteiger partial charge in [0, 0.05) is 17.5 Å². The lowest BCUT2D eigenvalue weighted by molar-refractivity contribution is -0.144. The number of hydrogen-bond acceptors (Lipinski definition) is 4. The Labute approximate surface area is 122 Å². The third kappa shape index (κ3) is 2.95. The molecule has 0 bridgehead atoms. The van der Waals surface area contributed by atoms with Crippen molar-refractivity contribution in [3.05, 3.63) is 23.5 Å². The minimum Gasteiger partial charge on any atom is -0.493 e. The highest BCUT2D eigenvalue weighted by molar-refractivity contribution is 5.71. The SMILES string of the molecule is COc1cc(F)c(C(O)C2CCCC2C(=O)O)cc1OC. The highest BCUT2D eigenvalue weighted by atomic mass is 19.1. The Hall–Kier alpha value is -1.82. The number of benzene rings is 1. The van der Waals surface area contributed by atoms with Crippen molar-refractivity contribution in [1.29, 1.82) is 0 Å². The van der Waals surface area contributed by atoms with E-state index in [0.717, 1.165) is 6.07 Å². The van der Waals surface area contributed by atoms with Gasteiger partial charge in [0.2, 0.25) is 0 Å². The van der Waals surface area contributed by atoms with Gasteiger partial charge in [-0.15, -0.1) is 0 Å². The van der Waals surface area contributed by atoms with Crippen molar-refractivity contribution in [2.24, 2.45) is 11.8 Å². The summed E-state index contributed by atoms with van der Waals surface area (Å²) in [5.41, 5.74) is 0.0470. The van der Waals surface area contributed by atoms with Gasteiger partial charge >= 0.3 is 5.97 Å². The van der Waals surface area contributed by atoms with Crippen molar-refractivity contribution in [2.75, 3.05) is 14.2 Å². The second-order valence-corrected chi connectivity index (χ2v) is 5.21. The number of carbonyl (C=O) groups is 1. The minimum atomic E-state index is -1.17. The van der Waals surface area contributed by atoms with Gasteiger partial charge in [-0.2, -0.15) is 0 Å². The fourth-order valence-electron chi connectivity index (χ4n) is 3.00. The molecular formula is C15H19FO5. The fourth-order valence-corrected chi connectivity index (χ4v) is 3.00. The van der Waals surface area contributed by atoms with Crippen LogP contribution in [0.1, 0.15) is 30.9 Å². The summed E-state index contributed by atoms with van der Waals surface area (Å²) < 4.78 is 24.2. The van der Waals surface area contributed by atoms with Crippen LogP contribution >= 0.6 is 0 Å². The Morgan fingerprint density at radius 2 is 1.90 bits per heavy atom. The monoisotopic (exact) mass is 298 g/mol. The van der Waals surface area contributed by atoms with Gasteiger partial charge in [-0.3, -0.25) is 4.79 Å². The van der Waals surface area contributed by atoms with Crippen molar-refractivity contribution in [1.82, 2.24) is 0 Å². The second-order valence-electron chi connectivity index (χ2n) is 5.21. The van der Waals surface area contributed by atoms with E-state index in [4.69, 9.17) is 9.47 Å². The molecule has 1 aromatic rings. The molecule has 0 radical (unpaired) electrons. The average molecular weight is 298 g/mol. The van der Waals surface area contributed by atoms with Gasteiger partial charge < -0.3 is 19.7 Å². The summed E-state index contributed by atoms with van der Waals surface area (Å²) in [6.07, 6.45) is 0.610. The van der Waals surface area contributed by atoms with Crippen molar-refractivity contribution < 1.29 is 28.9 Å². The average Bonchev–Trinajstić information content (AvgIpc) is 2.95. The summed E-state index contributed by atoms with van der Waals surface area (Å²) in [5.74, 6) is -2.18. The fraction of sp³-hybridized carbons (Fsp3) is 0.533. The molecule has 1 aliphatic rings. The molecule has 1 saturated carbocycles. The zero-order chi connectivity index (χ0) is 15.6. The largest absolute Gasteiger partial charge is 0.493 e.